The number of nitrogens with one attached hydrogen (secondary N) is 1. The van der Waals surface area contributed by atoms with E-state index < -0.39 is 0 Å². The fraction of sp³-hybridized carbons (Fsp3) is 0.636. The Hall–Kier alpha value is -0.810. The predicted octanol–water partition coefficient (Wildman–Crippen LogP) is 2.12. The van der Waals surface area contributed by atoms with E-state index in [0.717, 1.165) is 28.8 Å². The van der Waals surface area contributed by atoms with Crippen molar-refractivity contribution in [1.29, 1.82) is 0 Å². The highest BCUT2D eigenvalue weighted by molar-refractivity contribution is 7.99. The number of rotatable bonds is 6. The maximum Gasteiger partial charge on any atom is 0.134 e. The summed E-state index contributed by atoms with van der Waals surface area (Å²) in [5, 5.41) is 12.7. The van der Waals surface area contributed by atoms with E-state index in [9.17, 15) is 0 Å². The van der Waals surface area contributed by atoms with Gasteiger partial charge < -0.3 is 10.4 Å². The Balaban J connectivity index is 2.78. The molecule has 1 aromatic rings. The molecular weight excluding hydrogens is 222 g/mol. The lowest BCUT2D eigenvalue weighted by atomic mass is 10.2. The number of hydrogen-bond acceptors (Lipinski definition) is 5. The number of nitrogens with zero attached hydrogens (tertiary/aromatic N) is 2. The number of aliphatic hydroxyl groups excluding tert-OH is 1. The van der Waals surface area contributed by atoms with Gasteiger partial charge in [-0.25, -0.2) is 9.97 Å². The Morgan fingerprint density at radius 3 is 2.75 bits per heavy atom. The van der Waals surface area contributed by atoms with E-state index in [2.05, 4.69) is 29.1 Å². The molecule has 90 valence electrons. The average molecular weight is 241 g/mol. The van der Waals surface area contributed by atoms with Crippen molar-refractivity contribution in [3.05, 3.63) is 11.9 Å². The molecule has 1 aromatic heterocycles. The predicted molar refractivity (Wildman–Crippen MR) is 68.1 cm³/mol. The fourth-order valence-corrected chi connectivity index (χ4v) is 1.98. The van der Waals surface area contributed by atoms with Gasteiger partial charge in [0.1, 0.15) is 16.7 Å². The standard InChI is InChI=1S/C11H19N3OS/c1-8(2)11-13-9(12-3)7-10(14-11)16-6-4-5-15/h7-8,15H,4-6H2,1-3H3,(H,12,13,14). The molecule has 0 aromatic carbocycles. The summed E-state index contributed by atoms with van der Waals surface area (Å²) < 4.78 is 0. The van der Waals surface area contributed by atoms with Crippen LogP contribution in [0, 0.1) is 0 Å². The summed E-state index contributed by atoms with van der Waals surface area (Å²) in [6.45, 7) is 4.39. The van der Waals surface area contributed by atoms with Gasteiger partial charge in [0.25, 0.3) is 0 Å². The lowest BCUT2D eigenvalue weighted by Crippen LogP contribution is -2.03. The minimum absolute atomic E-state index is 0.230. The first kappa shape index (κ1) is 13.3. The zero-order chi connectivity index (χ0) is 12.0. The highest BCUT2D eigenvalue weighted by atomic mass is 32.2. The van der Waals surface area contributed by atoms with Crippen LogP contribution in [0.1, 0.15) is 32.0 Å². The van der Waals surface area contributed by atoms with Gasteiger partial charge in [0.05, 0.1) is 0 Å². The Morgan fingerprint density at radius 2 is 2.19 bits per heavy atom. The maximum atomic E-state index is 8.73. The van der Waals surface area contributed by atoms with E-state index in [4.69, 9.17) is 5.11 Å². The molecule has 2 N–H and O–H groups in total. The average Bonchev–Trinajstić information content (AvgIpc) is 2.29. The molecular formula is C11H19N3OS. The summed E-state index contributed by atoms with van der Waals surface area (Å²) in [4.78, 5) is 8.88. The van der Waals surface area contributed by atoms with Crippen LogP contribution in [0.5, 0.6) is 0 Å². The van der Waals surface area contributed by atoms with Crippen molar-refractivity contribution in [2.75, 3.05) is 24.7 Å². The molecule has 0 bridgehead atoms. The van der Waals surface area contributed by atoms with Gasteiger partial charge in [-0.1, -0.05) is 13.8 Å². The Kier molecular flexibility index (Phi) is 5.55. The van der Waals surface area contributed by atoms with Crippen molar-refractivity contribution < 1.29 is 5.11 Å². The first-order valence-corrected chi connectivity index (χ1v) is 6.46. The van der Waals surface area contributed by atoms with Crippen LogP contribution in [0.25, 0.3) is 0 Å². The molecule has 0 atom stereocenters. The quantitative estimate of drug-likeness (QED) is 0.454. The molecule has 0 fully saturated rings. The molecule has 5 heteroatoms. The molecule has 0 aliphatic carbocycles. The van der Waals surface area contributed by atoms with Crippen molar-refractivity contribution in [2.24, 2.45) is 0 Å². The van der Waals surface area contributed by atoms with Gasteiger partial charge in [0.2, 0.25) is 0 Å². The van der Waals surface area contributed by atoms with E-state index >= 15 is 0 Å². The molecule has 0 spiro atoms. The smallest absolute Gasteiger partial charge is 0.134 e. The SMILES string of the molecule is CNc1cc(SCCCO)nc(C(C)C)n1. The van der Waals surface area contributed by atoms with Crippen LogP contribution in [0.15, 0.2) is 11.1 Å². The Bertz CT molecular complexity index is 331. The van der Waals surface area contributed by atoms with Gasteiger partial charge in [0.15, 0.2) is 0 Å². The van der Waals surface area contributed by atoms with Gasteiger partial charge in [-0.05, 0) is 6.42 Å². The second-order valence-electron chi connectivity index (χ2n) is 3.78. The second-order valence-corrected chi connectivity index (χ2v) is 4.90. The van der Waals surface area contributed by atoms with Crippen molar-refractivity contribution in [2.45, 2.75) is 31.2 Å². The van der Waals surface area contributed by atoms with Crippen LogP contribution in [0.4, 0.5) is 5.82 Å². The molecule has 0 saturated carbocycles. The van der Waals surface area contributed by atoms with Crippen molar-refractivity contribution in [1.82, 2.24) is 9.97 Å². The van der Waals surface area contributed by atoms with Crippen LogP contribution in [-0.4, -0.2) is 34.5 Å². The van der Waals surface area contributed by atoms with Crippen molar-refractivity contribution >= 4 is 17.6 Å². The number of aliphatic hydroxyl groups is 1. The van der Waals surface area contributed by atoms with E-state index in [-0.39, 0.29) is 6.61 Å². The van der Waals surface area contributed by atoms with E-state index in [1.165, 1.54) is 0 Å². The van der Waals surface area contributed by atoms with E-state index in [1.807, 2.05) is 13.1 Å². The molecule has 0 amide bonds. The minimum atomic E-state index is 0.230. The lowest BCUT2D eigenvalue weighted by Gasteiger charge is -2.09. The minimum Gasteiger partial charge on any atom is -0.396 e. The maximum absolute atomic E-state index is 8.73. The number of thioether (sulfide) groups is 1. The largest absolute Gasteiger partial charge is 0.396 e. The summed E-state index contributed by atoms with van der Waals surface area (Å²) in [7, 11) is 1.86. The molecule has 16 heavy (non-hydrogen) atoms. The van der Waals surface area contributed by atoms with Crippen LogP contribution >= 0.6 is 11.8 Å². The Morgan fingerprint density at radius 1 is 1.44 bits per heavy atom. The third kappa shape index (κ3) is 3.98. The molecule has 1 rings (SSSR count). The fourth-order valence-electron chi connectivity index (χ4n) is 1.14. The molecule has 0 aliphatic heterocycles. The summed E-state index contributed by atoms with van der Waals surface area (Å²) >= 11 is 1.65. The first-order valence-electron chi connectivity index (χ1n) is 5.47. The zero-order valence-electron chi connectivity index (χ0n) is 10.0. The molecule has 1 heterocycles. The third-order valence-corrected chi connectivity index (χ3v) is 3.04. The summed E-state index contributed by atoms with van der Waals surface area (Å²) in [6, 6.07) is 1.94. The Labute approximate surface area is 101 Å². The number of anilines is 1. The topological polar surface area (TPSA) is 58.0 Å². The van der Waals surface area contributed by atoms with Crippen LogP contribution in [0.3, 0.4) is 0 Å². The molecule has 0 saturated heterocycles. The molecule has 0 radical (unpaired) electrons. The summed E-state index contributed by atoms with van der Waals surface area (Å²) in [5.74, 6) is 2.92. The molecule has 0 aliphatic rings. The highest BCUT2D eigenvalue weighted by Gasteiger charge is 2.07. The summed E-state index contributed by atoms with van der Waals surface area (Å²) in [6.07, 6.45) is 0.792. The van der Waals surface area contributed by atoms with Crippen LogP contribution in [-0.2, 0) is 0 Å². The zero-order valence-corrected chi connectivity index (χ0v) is 10.8. The van der Waals surface area contributed by atoms with E-state index in [1.54, 1.807) is 11.8 Å². The van der Waals surface area contributed by atoms with Crippen LogP contribution in [0.2, 0.25) is 0 Å². The van der Waals surface area contributed by atoms with Crippen molar-refractivity contribution in [3.8, 4) is 0 Å². The number of aromatic nitrogens is 2. The van der Waals surface area contributed by atoms with Gasteiger partial charge in [0, 0.05) is 31.4 Å². The monoisotopic (exact) mass is 241 g/mol. The summed E-state index contributed by atoms with van der Waals surface area (Å²) in [5.41, 5.74) is 0. The van der Waals surface area contributed by atoms with E-state index in [0.29, 0.717) is 5.92 Å². The molecule has 4 nitrogen and oxygen atoms in total. The third-order valence-electron chi connectivity index (χ3n) is 2.04. The second kappa shape index (κ2) is 6.70. The molecule has 0 unspecified atom stereocenters. The van der Waals surface area contributed by atoms with Gasteiger partial charge in [-0.3, -0.25) is 0 Å². The number of hydrogen-bond donors (Lipinski definition) is 2. The van der Waals surface area contributed by atoms with Crippen LogP contribution < -0.4 is 5.32 Å². The van der Waals surface area contributed by atoms with Gasteiger partial charge in [-0.2, -0.15) is 0 Å². The van der Waals surface area contributed by atoms with Gasteiger partial charge >= 0.3 is 0 Å². The van der Waals surface area contributed by atoms with Gasteiger partial charge in [-0.15, -0.1) is 11.8 Å². The van der Waals surface area contributed by atoms with Crippen molar-refractivity contribution in [3.63, 3.8) is 0 Å². The normalized spacial score (nSPS) is 10.8. The highest BCUT2D eigenvalue weighted by Crippen LogP contribution is 2.21. The lowest BCUT2D eigenvalue weighted by molar-refractivity contribution is 0.296. The first-order chi connectivity index (χ1) is 7.67.